The third kappa shape index (κ3) is 1.06. The van der Waals surface area contributed by atoms with Crippen molar-refractivity contribution >= 4 is 0 Å². The van der Waals surface area contributed by atoms with Gasteiger partial charge in [0, 0.05) is 13.0 Å². The number of H-pyrrole nitrogens is 1. The van der Waals surface area contributed by atoms with Gasteiger partial charge in [0.25, 0.3) is 0 Å². The number of hydrogen-bond acceptors (Lipinski definition) is 2. The van der Waals surface area contributed by atoms with E-state index in [4.69, 9.17) is 10.4 Å². The van der Waals surface area contributed by atoms with Gasteiger partial charge in [0.1, 0.15) is 6.07 Å². The summed E-state index contributed by atoms with van der Waals surface area (Å²) in [5.41, 5.74) is 1.10. The second-order valence-electron chi connectivity index (χ2n) is 2.02. The molecule has 1 rings (SSSR count). The standard InChI is InChI=1S/C7H6N2O/c1-5-2-3-6(4-8)7(10)9-5/h2-3H,1H3,(H,9,10)/p+1. The van der Waals surface area contributed by atoms with Gasteiger partial charge in [-0.05, 0) is 6.07 Å². The monoisotopic (exact) mass is 135 g/mol. The first-order valence-corrected chi connectivity index (χ1v) is 2.86. The second kappa shape index (κ2) is 2.36. The molecular formula is C7H7N2O+. The summed E-state index contributed by atoms with van der Waals surface area (Å²) >= 11 is 0. The quantitative estimate of drug-likeness (QED) is 0.559. The molecule has 0 aliphatic rings. The van der Waals surface area contributed by atoms with Gasteiger partial charge in [0.2, 0.25) is 0 Å². The van der Waals surface area contributed by atoms with Crippen molar-refractivity contribution in [3.05, 3.63) is 23.4 Å². The van der Waals surface area contributed by atoms with Gasteiger partial charge in [-0.15, -0.1) is 0 Å². The highest BCUT2D eigenvalue weighted by molar-refractivity contribution is 5.33. The highest BCUT2D eigenvalue weighted by Gasteiger charge is 2.06. The molecule has 1 heterocycles. The summed E-state index contributed by atoms with van der Waals surface area (Å²) in [5.74, 6) is -0.0671. The molecule has 0 fully saturated rings. The van der Waals surface area contributed by atoms with E-state index in [0.717, 1.165) is 5.69 Å². The Balaban J connectivity index is 3.23. The Labute approximate surface area is 58.6 Å². The van der Waals surface area contributed by atoms with Gasteiger partial charge in [-0.3, -0.25) is 0 Å². The van der Waals surface area contributed by atoms with E-state index in [0.29, 0.717) is 0 Å². The number of pyridine rings is 1. The molecule has 0 atom stereocenters. The first-order chi connectivity index (χ1) is 4.74. The Kier molecular flexibility index (Phi) is 1.55. The van der Waals surface area contributed by atoms with E-state index < -0.39 is 0 Å². The maximum atomic E-state index is 9.01. The lowest BCUT2D eigenvalue weighted by Gasteiger charge is -1.86. The summed E-state index contributed by atoms with van der Waals surface area (Å²) in [6, 6.07) is 5.15. The molecule has 0 unspecified atom stereocenters. The summed E-state index contributed by atoms with van der Waals surface area (Å²) in [4.78, 5) is 2.62. The van der Waals surface area contributed by atoms with Crippen molar-refractivity contribution in [2.75, 3.05) is 0 Å². The van der Waals surface area contributed by atoms with Crippen LogP contribution in [0.15, 0.2) is 12.1 Å². The SMILES string of the molecule is Cc1ccc(C#N)c(O)[nH+]1. The van der Waals surface area contributed by atoms with E-state index in [1.165, 1.54) is 0 Å². The summed E-state index contributed by atoms with van der Waals surface area (Å²) in [6.07, 6.45) is 0. The Bertz CT molecular complexity index is 288. The average Bonchev–Trinajstić information content (AvgIpc) is 1.88. The van der Waals surface area contributed by atoms with Crippen molar-refractivity contribution < 1.29 is 10.1 Å². The topological polar surface area (TPSA) is 58.2 Å². The van der Waals surface area contributed by atoms with Crippen LogP contribution in [0.4, 0.5) is 0 Å². The van der Waals surface area contributed by atoms with Gasteiger partial charge >= 0.3 is 5.88 Å². The molecule has 0 aliphatic carbocycles. The van der Waals surface area contributed by atoms with Gasteiger partial charge in [0.15, 0.2) is 11.3 Å². The molecule has 0 bridgehead atoms. The Morgan fingerprint density at radius 1 is 1.60 bits per heavy atom. The summed E-state index contributed by atoms with van der Waals surface area (Å²) in [7, 11) is 0. The molecule has 10 heavy (non-hydrogen) atoms. The molecule has 0 aliphatic heterocycles. The maximum Gasteiger partial charge on any atom is 0.382 e. The highest BCUT2D eigenvalue weighted by atomic mass is 16.3. The van der Waals surface area contributed by atoms with Crippen LogP contribution in [-0.2, 0) is 0 Å². The Morgan fingerprint density at radius 2 is 2.30 bits per heavy atom. The fourth-order valence-corrected chi connectivity index (χ4v) is 0.673. The molecule has 2 N–H and O–H groups in total. The average molecular weight is 135 g/mol. The van der Waals surface area contributed by atoms with Crippen LogP contribution < -0.4 is 4.98 Å². The maximum absolute atomic E-state index is 9.01. The van der Waals surface area contributed by atoms with E-state index >= 15 is 0 Å². The minimum Gasteiger partial charge on any atom is -0.459 e. The van der Waals surface area contributed by atoms with Gasteiger partial charge in [-0.25, -0.2) is 0 Å². The zero-order valence-electron chi connectivity index (χ0n) is 5.55. The lowest BCUT2D eigenvalue weighted by atomic mass is 10.3. The van der Waals surface area contributed by atoms with Crippen LogP contribution in [0.25, 0.3) is 0 Å². The minimum atomic E-state index is -0.0671. The van der Waals surface area contributed by atoms with E-state index in [-0.39, 0.29) is 11.4 Å². The van der Waals surface area contributed by atoms with Gasteiger partial charge in [-0.1, -0.05) is 0 Å². The van der Waals surface area contributed by atoms with Crippen LogP contribution in [0.1, 0.15) is 11.3 Å². The second-order valence-corrected chi connectivity index (χ2v) is 2.02. The number of aromatic amines is 1. The molecule has 0 amide bonds. The molecule has 0 spiro atoms. The van der Waals surface area contributed by atoms with Crippen LogP contribution in [0.5, 0.6) is 5.88 Å². The van der Waals surface area contributed by atoms with Crippen LogP contribution in [0.3, 0.4) is 0 Å². The molecule has 1 aromatic rings. The van der Waals surface area contributed by atoms with Gasteiger partial charge in [0.05, 0.1) is 0 Å². The van der Waals surface area contributed by atoms with E-state index in [2.05, 4.69) is 4.98 Å². The zero-order valence-corrected chi connectivity index (χ0v) is 5.55. The number of aromatic nitrogens is 1. The molecular weight excluding hydrogens is 128 g/mol. The van der Waals surface area contributed by atoms with E-state index in [1.807, 2.05) is 6.07 Å². The van der Waals surface area contributed by atoms with Gasteiger partial charge < -0.3 is 5.11 Å². The predicted molar refractivity (Wildman–Crippen MR) is 34.1 cm³/mol. The van der Waals surface area contributed by atoms with Crippen molar-refractivity contribution in [3.63, 3.8) is 0 Å². The Hall–Kier alpha value is -1.56. The van der Waals surface area contributed by atoms with E-state index in [1.54, 1.807) is 19.1 Å². The molecule has 3 heteroatoms. The molecule has 3 nitrogen and oxygen atoms in total. The Morgan fingerprint density at radius 3 is 2.80 bits per heavy atom. The lowest BCUT2D eigenvalue weighted by molar-refractivity contribution is -0.403. The molecule has 0 radical (unpaired) electrons. The number of nitrogens with one attached hydrogen (secondary N) is 1. The van der Waals surface area contributed by atoms with Crippen molar-refractivity contribution in [3.8, 4) is 11.9 Å². The number of nitriles is 1. The smallest absolute Gasteiger partial charge is 0.382 e. The largest absolute Gasteiger partial charge is 0.459 e. The normalized spacial score (nSPS) is 8.80. The number of aromatic hydroxyl groups is 1. The van der Waals surface area contributed by atoms with Crippen LogP contribution in [-0.4, -0.2) is 5.11 Å². The van der Waals surface area contributed by atoms with Crippen LogP contribution >= 0.6 is 0 Å². The zero-order chi connectivity index (χ0) is 7.56. The molecule has 1 aromatic heterocycles. The van der Waals surface area contributed by atoms with Crippen molar-refractivity contribution in [1.82, 2.24) is 0 Å². The number of nitrogens with zero attached hydrogens (tertiary/aromatic N) is 1. The third-order valence-electron chi connectivity index (χ3n) is 1.19. The molecule has 0 aromatic carbocycles. The lowest BCUT2D eigenvalue weighted by Crippen LogP contribution is -2.07. The highest BCUT2D eigenvalue weighted by Crippen LogP contribution is 2.06. The van der Waals surface area contributed by atoms with Crippen molar-refractivity contribution in [1.29, 1.82) is 5.26 Å². The molecule has 50 valence electrons. The molecule has 0 saturated heterocycles. The number of aryl methyl sites for hydroxylation is 1. The van der Waals surface area contributed by atoms with Crippen molar-refractivity contribution in [2.24, 2.45) is 0 Å². The predicted octanol–water partition coefficient (Wildman–Crippen LogP) is 0.386. The number of rotatable bonds is 0. The number of hydrogen-bond donors (Lipinski definition) is 1. The summed E-state index contributed by atoms with van der Waals surface area (Å²) in [6.45, 7) is 1.81. The summed E-state index contributed by atoms with van der Waals surface area (Å²) in [5, 5.41) is 17.4. The molecule has 0 saturated carbocycles. The van der Waals surface area contributed by atoms with Gasteiger partial charge in [-0.2, -0.15) is 10.2 Å². The third-order valence-corrected chi connectivity index (χ3v) is 1.19. The first-order valence-electron chi connectivity index (χ1n) is 2.86. The van der Waals surface area contributed by atoms with Crippen LogP contribution in [0, 0.1) is 18.3 Å². The first kappa shape index (κ1) is 6.56. The fourth-order valence-electron chi connectivity index (χ4n) is 0.673. The van der Waals surface area contributed by atoms with E-state index in [9.17, 15) is 0 Å². The summed E-state index contributed by atoms with van der Waals surface area (Å²) < 4.78 is 0. The minimum absolute atomic E-state index is 0.0671. The van der Waals surface area contributed by atoms with Crippen molar-refractivity contribution in [2.45, 2.75) is 6.92 Å². The van der Waals surface area contributed by atoms with Crippen LogP contribution in [0.2, 0.25) is 0 Å². The fraction of sp³-hybridized carbons (Fsp3) is 0.143.